The molecule has 1 amide bonds. The molecule has 1 aromatic heterocycles. The Morgan fingerprint density at radius 2 is 2.00 bits per heavy atom. The third-order valence-electron chi connectivity index (χ3n) is 3.09. The van der Waals surface area contributed by atoms with E-state index in [2.05, 4.69) is 9.97 Å². The summed E-state index contributed by atoms with van der Waals surface area (Å²) < 4.78 is 43.3. The maximum Gasteiger partial charge on any atom is 0.433 e. The Kier molecular flexibility index (Phi) is 4.63. The average Bonchev–Trinajstić information content (AvgIpc) is 2.45. The van der Waals surface area contributed by atoms with E-state index in [4.69, 9.17) is 4.74 Å². The summed E-state index contributed by atoms with van der Waals surface area (Å²) in [6.07, 6.45) is -1.83. The van der Waals surface area contributed by atoms with E-state index in [0.717, 1.165) is 12.3 Å². The molecule has 23 heavy (non-hydrogen) atoms. The molecule has 1 aliphatic heterocycles. The summed E-state index contributed by atoms with van der Waals surface area (Å²) in [5.41, 5.74) is -0.973. The van der Waals surface area contributed by atoms with Crippen LogP contribution in [0, 0.1) is 0 Å². The minimum Gasteiger partial charge on any atom is -0.444 e. The van der Waals surface area contributed by atoms with Crippen LogP contribution >= 0.6 is 0 Å². The van der Waals surface area contributed by atoms with Crippen LogP contribution in [-0.4, -0.2) is 39.7 Å². The van der Waals surface area contributed by atoms with Gasteiger partial charge in [-0.2, -0.15) is 13.2 Å². The molecule has 0 saturated heterocycles. The molecule has 2 heterocycles. The molecule has 0 radical (unpaired) electrons. The van der Waals surface area contributed by atoms with Gasteiger partial charge in [0.15, 0.2) is 5.82 Å². The number of amides is 1. The predicted molar refractivity (Wildman–Crippen MR) is 77.4 cm³/mol. The summed E-state index contributed by atoms with van der Waals surface area (Å²) in [5, 5.41) is 0. The second-order valence-corrected chi connectivity index (χ2v) is 6.17. The molecular weight excluding hydrogens is 311 g/mol. The van der Waals surface area contributed by atoms with Crippen molar-refractivity contribution >= 4 is 11.7 Å². The van der Waals surface area contributed by atoms with Crippen LogP contribution in [0.5, 0.6) is 0 Å². The van der Waals surface area contributed by atoms with Gasteiger partial charge in [0, 0.05) is 19.3 Å². The van der Waals surface area contributed by atoms with Crippen LogP contribution in [0.1, 0.15) is 38.7 Å². The van der Waals surface area contributed by atoms with E-state index in [0.29, 0.717) is 18.5 Å². The van der Waals surface area contributed by atoms with Crippen LogP contribution in [0.3, 0.4) is 0 Å². The van der Waals surface area contributed by atoms with Crippen molar-refractivity contribution in [2.24, 2.45) is 0 Å². The third-order valence-corrected chi connectivity index (χ3v) is 3.09. The lowest BCUT2D eigenvalue weighted by Gasteiger charge is -2.29. The zero-order chi connectivity index (χ0) is 17.3. The maximum atomic E-state index is 12.7. The molecule has 8 heteroatoms. The van der Waals surface area contributed by atoms with E-state index in [9.17, 15) is 18.0 Å². The van der Waals surface area contributed by atoms with E-state index in [1.807, 2.05) is 0 Å². The van der Waals surface area contributed by atoms with Crippen LogP contribution in [0.4, 0.5) is 18.0 Å². The van der Waals surface area contributed by atoms with E-state index < -0.39 is 23.6 Å². The Morgan fingerprint density at radius 1 is 1.30 bits per heavy atom. The van der Waals surface area contributed by atoms with Gasteiger partial charge in [0.2, 0.25) is 0 Å². The molecule has 0 N–H and O–H groups in total. The average molecular weight is 329 g/mol. The highest BCUT2D eigenvalue weighted by molar-refractivity contribution is 5.71. The Morgan fingerprint density at radius 3 is 2.52 bits per heavy atom. The van der Waals surface area contributed by atoms with Crippen LogP contribution in [-0.2, 0) is 10.9 Å². The number of carbonyl (C=O) groups is 1. The quantitative estimate of drug-likeness (QED) is 0.791. The highest BCUT2D eigenvalue weighted by atomic mass is 19.4. The number of halogens is 3. The highest BCUT2D eigenvalue weighted by Gasteiger charge is 2.33. The van der Waals surface area contributed by atoms with Gasteiger partial charge in [-0.25, -0.2) is 14.8 Å². The lowest BCUT2D eigenvalue weighted by molar-refractivity contribution is -0.141. The van der Waals surface area contributed by atoms with Crippen molar-refractivity contribution in [1.29, 1.82) is 0 Å². The standard InChI is InChI=1S/C15H18F3N3O2/c1-14(2,3)23-13(22)21-8-5-10(6-9-21)12-19-7-4-11(20-12)15(16,17)18/h4-5,7H,6,8-9H2,1-3H3. The van der Waals surface area contributed by atoms with Crippen LogP contribution < -0.4 is 0 Å². The summed E-state index contributed by atoms with van der Waals surface area (Å²) in [6, 6.07) is 0.833. The van der Waals surface area contributed by atoms with Gasteiger partial charge in [-0.15, -0.1) is 0 Å². The molecule has 0 aromatic carbocycles. The van der Waals surface area contributed by atoms with Crippen LogP contribution in [0.2, 0.25) is 0 Å². The van der Waals surface area contributed by atoms with E-state index >= 15 is 0 Å². The molecule has 2 rings (SSSR count). The van der Waals surface area contributed by atoms with Crippen molar-refractivity contribution in [3.8, 4) is 0 Å². The van der Waals surface area contributed by atoms with Gasteiger partial charge in [-0.05, 0) is 38.8 Å². The first-order valence-corrected chi connectivity index (χ1v) is 7.14. The highest BCUT2D eigenvalue weighted by Crippen LogP contribution is 2.29. The van der Waals surface area contributed by atoms with Crippen LogP contribution in [0.15, 0.2) is 18.3 Å². The largest absolute Gasteiger partial charge is 0.444 e. The van der Waals surface area contributed by atoms with Gasteiger partial charge < -0.3 is 9.64 Å². The zero-order valence-electron chi connectivity index (χ0n) is 13.1. The van der Waals surface area contributed by atoms with Crippen molar-refractivity contribution < 1.29 is 22.7 Å². The Bertz CT molecular complexity index is 621. The molecule has 126 valence electrons. The SMILES string of the molecule is CC(C)(C)OC(=O)N1CC=C(c2nccc(C(F)(F)F)n2)CC1. The normalized spacial score (nSPS) is 16.1. The second-order valence-electron chi connectivity index (χ2n) is 6.17. The van der Waals surface area contributed by atoms with Crippen molar-refractivity contribution in [1.82, 2.24) is 14.9 Å². The third kappa shape index (κ3) is 4.67. The first-order valence-electron chi connectivity index (χ1n) is 7.14. The summed E-state index contributed by atoms with van der Waals surface area (Å²) in [4.78, 5) is 20.9. The van der Waals surface area contributed by atoms with Crippen molar-refractivity contribution in [3.05, 3.63) is 29.9 Å². The zero-order valence-corrected chi connectivity index (χ0v) is 13.1. The van der Waals surface area contributed by atoms with Crippen LogP contribution in [0.25, 0.3) is 5.57 Å². The van der Waals surface area contributed by atoms with Gasteiger partial charge >= 0.3 is 12.3 Å². The Hall–Kier alpha value is -2.12. The van der Waals surface area contributed by atoms with Gasteiger partial charge in [-0.1, -0.05) is 6.08 Å². The molecule has 0 bridgehead atoms. The lowest BCUT2D eigenvalue weighted by atomic mass is 10.1. The number of hydrogen-bond acceptors (Lipinski definition) is 4. The summed E-state index contributed by atoms with van der Waals surface area (Å²) in [6.45, 7) is 5.91. The number of aromatic nitrogens is 2. The number of rotatable bonds is 1. The molecule has 0 unspecified atom stereocenters. The van der Waals surface area contributed by atoms with E-state index in [1.54, 1.807) is 26.8 Å². The Labute approximate surface area is 132 Å². The number of carbonyl (C=O) groups excluding carboxylic acids is 1. The summed E-state index contributed by atoms with van der Waals surface area (Å²) in [5.74, 6) is 0.0451. The molecule has 1 aromatic rings. The molecule has 5 nitrogen and oxygen atoms in total. The number of ether oxygens (including phenoxy) is 1. The summed E-state index contributed by atoms with van der Waals surface area (Å²) in [7, 11) is 0. The number of hydrogen-bond donors (Lipinski definition) is 0. The van der Waals surface area contributed by atoms with E-state index in [1.165, 1.54) is 4.90 Å². The number of nitrogens with zero attached hydrogens (tertiary/aromatic N) is 3. The van der Waals surface area contributed by atoms with Gasteiger partial charge in [0.1, 0.15) is 11.3 Å². The van der Waals surface area contributed by atoms with Gasteiger partial charge in [0.05, 0.1) is 0 Å². The lowest BCUT2D eigenvalue weighted by Crippen LogP contribution is -2.39. The molecular formula is C15H18F3N3O2. The first-order chi connectivity index (χ1) is 10.6. The monoisotopic (exact) mass is 329 g/mol. The molecule has 0 aliphatic carbocycles. The van der Waals surface area contributed by atoms with Gasteiger partial charge in [0.25, 0.3) is 0 Å². The Balaban J connectivity index is 2.09. The van der Waals surface area contributed by atoms with E-state index in [-0.39, 0.29) is 12.4 Å². The minimum absolute atomic E-state index is 0.0451. The minimum atomic E-state index is -4.50. The molecule has 1 aliphatic rings. The molecule has 0 spiro atoms. The van der Waals surface area contributed by atoms with Crippen molar-refractivity contribution in [3.63, 3.8) is 0 Å². The molecule has 0 fully saturated rings. The second kappa shape index (κ2) is 6.17. The topological polar surface area (TPSA) is 55.3 Å². The fourth-order valence-corrected chi connectivity index (χ4v) is 2.04. The maximum absolute atomic E-state index is 12.7. The van der Waals surface area contributed by atoms with Gasteiger partial charge in [-0.3, -0.25) is 0 Å². The summed E-state index contributed by atoms with van der Waals surface area (Å²) >= 11 is 0. The fourth-order valence-electron chi connectivity index (χ4n) is 2.04. The molecule has 0 atom stereocenters. The molecule has 0 saturated carbocycles. The number of alkyl halides is 3. The first kappa shape index (κ1) is 17.2. The fraction of sp³-hybridized carbons (Fsp3) is 0.533. The van der Waals surface area contributed by atoms with Crippen molar-refractivity contribution in [2.75, 3.05) is 13.1 Å². The van der Waals surface area contributed by atoms with Crippen molar-refractivity contribution in [2.45, 2.75) is 39.0 Å². The smallest absolute Gasteiger partial charge is 0.433 e. The predicted octanol–water partition coefficient (Wildman–Crippen LogP) is 3.52.